The molecule has 42 heavy (non-hydrogen) atoms. The molecular formula is C27H32F6N6O3. The van der Waals surface area contributed by atoms with Crippen molar-refractivity contribution in [3.63, 3.8) is 0 Å². The molecule has 4 rings (SSSR count). The van der Waals surface area contributed by atoms with Crippen molar-refractivity contribution < 1.29 is 41.0 Å². The number of halogens is 6. The van der Waals surface area contributed by atoms with Gasteiger partial charge in [0.05, 0.1) is 5.56 Å². The van der Waals surface area contributed by atoms with Gasteiger partial charge in [0.1, 0.15) is 17.7 Å². The molecular weight excluding hydrogens is 570 g/mol. The largest absolute Gasteiger partial charge is 0.465 e. The predicted octanol–water partition coefficient (Wildman–Crippen LogP) is 4.72. The lowest BCUT2D eigenvalue weighted by atomic mass is 9.93. The van der Waals surface area contributed by atoms with Gasteiger partial charge in [-0.25, -0.2) is 14.8 Å². The van der Waals surface area contributed by atoms with Crippen LogP contribution in [0.2, 0.25) is 0 Å². The van der Waals surface area contributed by atoms with Crippen molar-refractivity contribution in [2.24, 2.45) is 5.92 Å². The first kappa shape index (κ1) is 31.2. The summed E-state index contributed by atoms with van der Waals surface area (Å²) in [5.41, 5.74) is -0.166. The summed E-state index contributed by atoms with van der Waals surface area (Å²) < 4.78 is 79.7. The number of alkyl halides is 6. The zero-order valence-corrected chi connectivity index (χ0v) is 22.6. The fraction of sp³-hybridized carbons (Fsp3) is 0.556. The van der Waals surface area contributed by atoms with Gasteiger partial charge in [-0.05, 0) is 62.1 Å². The molecule has 0 radical (unpaired) electrons. The number of hydrogen-bond donors (Lipinski definition) is 3. The summed E-state index contributed by atoms with van der Waals surface area (Å²) in [6.07, 6.45) is -7.13. The van der Waals surface area contributed by atoms with Gasteiger partial charge in [0, 0.05) is 38.8 Å². The number of anilines is 2. The molecule has 0 spiro atoms. The standard InChI is InChI=1S/C27H32F6N6O3/c28-26(29,30)19-5-3-17(4-6-19)7-11-34-23(40)20-2-1-13-39(20)22-16-21(36-24(37-22)27(31,32)33)38-14-9-18(10-15-38)8-12-35-25(41)42/h3-6,16,18,20,35H,1-2,7-15H2,(H,34,40)(H,41,42). The summed E-state index contributed by atoms with van der Waals surface area (Å²) in [4.78, 5) is 34.5. The second-order valence-corrected chi connectivity index (χ2v) is 10.4. The number of nitrogens with one attached hydrogen (secondary N) is 2. The maximum absolute atomic E-state index is 13.8. The van der Waals surface area contributed by atoms with E-state index in [1.807, 2.05) is 0 Å². The zero-order valence-electron chi connectivity index (χ0n) is 22.6. The van der Waals surface area contributed by atoms with E-state index < -0.39 is 41.8 Å². The van der Waals surface area contributed by atoms with Gasteiger partial charge in [0.25, 0.3) is 0 Å². The fourth-order valence-electron chi connectivity index (χ4n) is 5.31. The lowest BCUT2D eigenvalue weighted by molar-refractivity contribution is -0.144. The van der Waals surface area contributed by atoms with Gasteiger partial charge in [0.2, 0.25) is 11.7 Å². The number of rotatable bonds is 9. The second-order valence-electron chi connectivity index (χ2n) is 10.4. The molecule has 15 heteroatoms. The molecule has 2 saturated heterocycles. The van der Waals surface area contributed by atoms with Crippen molar-refractivity contribution in [1.29, 1.82) is 0 Å². The molecule has 3 heterocycles. The summed E-state index contributed by atoms with van der Waals surface area (Å²) in [6.45, 7) is 1.66. The van der Waals surface area contributed by atoms with E-state index in [0.29, 0.717) is 63.8 Å². The van der Waals surface area contributed by atoms with Crippen molar-refractivity contribution >= 4 is 23.6 Å². The van der Waals surface area contributed by atoms with Gasteiger partial charge >= 0.3 is 18.4 Å². The van der Waals surface area contributed by atoms with Crippen molar-refractivity contribution in [3.8, 4) is 0 Å². The number of hydrogen-bond acceptors (Lipinski definition) is 6. The number of benzene rings is 1. The minimum Gasteiger partial charge on any atom is -0.465 e. The van der Waals surface area contributed by atoms with E-state index in [0.717, 1.165) is 12.1 Å². The molecule has 0 bridgehead atoms. The number of amides is 2. The highest BCUT2D eigenvalue weighted by Crippen LogP contribution is 2.34. The van der Waals surface area contributed by atoms with E-state index in [4.69, 9.17) is 5.11 Å². The Morgan fingerprint density at radius 2 is 1.55 bits per heavy atom. The van der Waals surface area contributed by atoms with Crippen LogP contribution in [0.3, 0.4) is 0 Å². The van der Waals surface area contributed by atoms with Crippen molar-refractivity contribution in [1.82, 2.24) is 20.6 Å². The molecule has 1 aromatic heterocycles. The van der Waals surface area contributed by atoms with E-state index in [1.165, 1.54) is 23.1 Å². The minimum absolute atomic E-state index is 0.000459. The number of carboxylic acid groups (broad SMARTS) is 1. The zero-order chi connectivity index (χ0) is 30.5. The molecule has 9 nitrogen and oxygen atoms in total. The van der Waals surface area contributed by atoms with E-state index in [2.05, 4.69) is 20.6 Å². The van der Waals surface area contributed by atoms with Crippen molar-refractivity contribution in [2.45, 2.75) is 56.9 Å². The van der Waals surface area contributed by atoms with Gasteiger partial charge in [-0.15, -0.1) is 0 Å². The quantitative estimate of drug-likeness (QED) is 0.357. The number of carbonyl (C=O) groups is 2. The third kappa shape index (κ3) is 8.16. The average Bonchev–Trinajstić information content (AvgIpc) is 3.43. The first-order valence-electron chi connectivity index (χ1n) is 13.7. The van der Waals surface area contributed by atoms with Gasteiger partial charge in [-0.2, -0.15) is 26.3 Å². The molecule has 2 aliphatic heterocycles. The smallest absolute Gasteiger partial charge is 0.451 e. The Labute approximate surface area is 238 Å². The second kappa shape index (κ2) is 13.0. The molecule has 230 valence electrons. The maximum atomic E-state index is 13.8. The van der Waals surface area contributed by atoms with Crippen molar-refractivity contribution in [2.75, 3.05) is 42.5 Å². The summed E-state index contributed by atoms with van der Waals surface area (Å²) >= 11 is 0. The number of carbonyl (C=O) groups excluding carboxylic acids is 1. The summed E-state index contributed by atoms with van der Waals surface area (Å²) in [7, 11) is 0. The number of piperidine rings is 1. The summed E-state index contributed by atoms with van der Waals surface area (Å²) in [5, 5.41) is 13.8. The Balaban J connectivity index is 1.41. The first-order chi connectivity index (χ1) is 19.8. The van der Waals surface area contributed by atoms with E-state index in [9.17, 15) is 35.9 Å². The Kier molecular flexibility index (Phi) is 9.67. The van der Waals surface area contributed by atoms with E-state index >= 15 is 0 Å². The molecule has 0 saturated carbocycles. The molecule has 2 fully saturated rings. The Bertz CT molecular complexity index is 1230. The van der Waals surface area contributed by atoms with Gasteiger partial charge in [0.15, 0.2) is 0 Å². The number of aromatic nitrogens is 2. The highest BCUT2D eigenvalue weighted by atomic mass is 19.4. The molecule has 3 N–H and O–H groups in total. The van der Waals surface area contributed by atoms with Gasteiger partial charge in [-0.3, -0.25) is 4.79 Å². The fourth-order valence-corrected chi connectivity index (χ4v) is 5.31. The monoisotopic (exact) mass is 602 g/mol. The van der Waals surface area contributed by atoms with Crippen LogP contribution in [0.1, 0.15) is 49.1 Å². The van der Waals surface area contributed by atoms with Gasteiger partial charge < -0.3 is 25.5 Å². The third-order valence-corrected chi connectivity index (χ3v) is 7.56. The lowest BCUT2D eigenvalue weighted by Gasteiger charge is -2.34. The van der Waals surface area contributed by atoms with Crippen LogP contribution in [0.4, 0.5) is 42.8 Å². The topological polar surface area (TPSA) is 111 Å². The predicted molar refractivity (Wildman–Crippen MR) is 141 cm³/mol. The lowest BCUT2D eigenvalue weighted by Crippen LogP contribution is -2.44. The van der Waals surface area contributed by atoms with Crippen LogP contribution in [-0.4, -0.2) is 65.8 Å². The maximum Gasteiger partial charge on any atom is 0.451 e. The van der Waals surface area contributed by atoms with Crippen LogP contribution in [0.5, 0.6) is 0 Å². The van der Waals surface area contributed by atoms with Crippen LogP contribution in [-0.2, 0) is 23.6 Å². The van der Waals surface area contributed by atoms with Crippen LogP contribution in [0.25, 0.3) is 0 Å². The molecule has 2 aromatic rings. The van der Waals surface area contributed by atoms with Crippen LogP contribution in [0.15, 0.2) is 30.3 Å². The van der Waals surface area contributed by atoms with Crippen LogP contribution >= 0.6 is 0 Å². The van der Waals surface area contributed by atoms with Crippen LogP contribution < -0.4 is 20.4 Å². The Morgan fingerprint density at radius 3 is 2.17 bits per heavy atom. The summed E-state index contributed by atoms with van der Waals surface area (Å²) in [5.74, 6) is -1.35. The summed E-state index contributed by atoms with van der Waals surface area (Å²) in [6, 6.07) is 5.34. The molecule has 1 unspecified atom stereocenters. The van der Waals surface area contributed by atoms with Crippen molar-refractivity contribution in [3.05, 3.63) is 47.3 Å². The highest BCUT2D eigenvalue weighted by Gasteiger charge is 2.39. The Hall–Kier alpha value is -3.78. The highest BCUT2D eigenvalue weighted by molar-refractivity contribution is 5.85. The molecule has 0 aliphatic carbocycles. The minimum atomic E-state index is -4.80. The SMILES string of the molecule is O=C(O)NCCC1CCN(c2cc(N3CCCC3C(=O)NCCc3ccc(C(F)(F)F)cc3)nc(C(F)(F)F)n2)CC1. The molecule has 1 atom stereocenters. The molecule has 1 aromatic carbocycles. The van der Waals surface area contributed by atoms with Crippen LogP contribution in [0, 0.1) is 5.92 Å². The number of nitrogens with zero attached hydrogens (tertiary/aromatic N) is 4. The first-order valence-corrected chi connectivity index (χ1v) is 13.7. The molecule has 2 amide bonds. The molecule has 2 aliphatic rings. The van der Waals surface area contributed by atoms with E-state index in [1.54, 1.807) is 4.90 Å². The van der Waals surface area contributed by atoms with E-state index in [-0.39, 0.29) is 30.5 Å². The average molecular weight is 603 g/mol. The third-order valence-electron chi connectivity index (χ3n) is 7.56. The normalized spacial score (nSPS) is 18.3. The van der Waals surface area contributed by atoms with Gasteiger partial charge in [-0.1, -0.05) is 12.1 Å². The Morgan fingerprint density at radius 1 is 0.881 bits per heavy atom.